The Morgan fingerprint density at radius 2 is 2.44 bits per heavy atom. The number of ether oxygens (including phenoxy) is 1. The SMILES string of the molecule is CCOC1CCCN(C(=O)c2ccc(Br)nc2)C1. The summed E-state index contributed by atoms with van der Waals surface area (Å²) in [5.74, 6) is 0.0411. The molecule has 1 saturated heterocycles. The number of hydrogen-bond acceptors (Lipinski definition) is 3. The molecule has 0 aliphatic carbocycles. The van der Waals surface area contributed by atoms with Crippen LogP contribution in [0.4, 0.5) is 0 Å². The van der Waals surface area contributed by atoms with Crippen molar-refractivity contribution in [3.05, 3.63) is 28.5 Å². The lowest BCUT2D eigenvalue weighted by molar-refractivity contribution is 0.00723. The van der Waals surface area contributed by atoms with Gasteiger partial charge in [0.1, 0.15) is 4.60 Å². The van der Waals surface area contributed by atoms with E-state index >= 15 is 0 Å². The summed E-state index contributed by atoms with van der Waals surface area (Å²) in [6.45, 7) is 4.17. The second-order valence-corrected chi connectivity index (χ2v) is 5.15. The maximum atomic E-state index is 12.3. The summed E-state index contributed by atoms with van der Waals surface area (Å²) >= 11 is 3.26. The van der Waals surface area contributed by atoms with Crippen LogP contribution in [0.3, 0.4) is 0 Å². The largest absolute Gasteiger partial charge is 0.377 e. The van der Waals surface area contributed by atoms with Crippen LogP contribution in [0, 0.1) is 0 Å². The molecular weight excluding hydrogens is 296 g/mol. The van der Waals surface area contributed by atoms with E-state index in [0.29, 0.717) is 18.7 Å². The Bertz CT molecular complexity index is 406. The van der Waals surface area contributed by atoms with Crippen LogP contribution in [-0.2, 0) is 4.74 Å². The fourth-order valence-electron chi connectivity index (χ4n) is 2.18. The molecule has 18 heavy (non-hydrogen) atoms. The van der Waals surface area contributed by atoms with Gasteiger partial charge in [0.15, 0.2) is 0 Å². The Labute approximate surface area is 115 Å². The van der Waals surface area contributed by atoms with Gasteiger partial charge in [-0.15, -0.1) is 0 Å². The van der Waals surface area contributed by atoms with Crippen LogP contribution in [-0.4, -0.2) is 41.6 Å². The summed E-state index contributed by atoms with van der Waals surface area (Å²) in [6.07, 6.45) is 3.82. The van der Waals surface area contributed by atoms with E-state index in [1.807, 2.05) is 11.8 Å². The van der Waals surface area contributed by atoms with E-state index in [2.05, 4.69) is 20.9 Å². The number of hydrogen-bond donors (Lipinski definition) is 0. The quantitative estimate of drug-likeness (QED) is 0.805. The summed E-state index contributed by atoms with van der Waals surface area (Å²) in [6, 6.07) is 3.58. The van der Waals surface area contributed by atoms with E-state index in [1.54, 1.807) is 18.3 Å². The Morgan fingerprint density at radius 3 is 3.11 bits per heavy atom. The number of carbonyl (C=O) groups is 1. The molecule has 1 amide bonds. The third-order valence-corrected chi connectivity index (χ3v) is 3.51. The molecule has 1 atom stereocenters. The van der Waals surface area contributed by atoms with Crippen molar-refractivity contribution < 1.29 is 9.53 Å². The number of halogens is 1. The third kappa shape index (κ3) is 3.29. The van der Waals surface area contributed by atoms with Crippen molar-refractivity contribution in [2.75, 3.05) is 19.7 Å². The van der Waals surface area contributed by atoms with Gasteiger partial charge in [0, 0.05) is 25.9 Å². The molecule has 1 aromatic heterocycles. The zero-order valence-electron chi connectivity index (χ0n) is 10.4. The van der Waals surface area contributed by atoms with Crippen LogP contribution in [0.25, 0.3) is 0 Å². The molecule has 1 aliphatic rings. The molecule has 0 saturated carbocycles. The van der Waals surface area contributed by atoms with Crippen molar-refractivity contribution in [3.63, 3.8) is 0 Å². The molecule has 1 fully saturated rings. The van der Waals surface area contributed by atoms with E-state index in [0.717, 1.165) is 24.0 Å². The maximum absolute atomic E-state index is 12.3. The van der Waals surface area contributed by atoms with Crippen LogP contribution in [0.5, 0.6) is 0 Å². The van der Waals surface area contributed by atoms with Crippen molar-refractivity contribution in [2.24, 2.45) is 0 Å². The number of piperidine rings is 1. The number of likely N-dealkylation sites (tertiary alicyclic amines) is 1. The van der Waals surface area contributed by atoms with Crippen molar-refractivity contribution >= 4 is 21.8 Å². The van der Waals surface area contributed by atoms with Gasteiger partial charge in [-0.3, -0.25) is 4.79 Å². The van der Waals surface area contributed by atoms with Crippen LogP contribution < -0.4 is 0 Å². The summed E-state index contributed by atoms with van der Waals surface area (Å²) in [5, 5.41) is 0. The minimum Gasteiger partial charge on any atom is -0.377 e. The predicted octanol–water partition coefficient (Wildman–Crippen LogP) is 2.49. The van der Waals surface area contributed by atoms with Gasteiger partial charge >= 0.3 is 0 Å². The van der Waals surface area contributed by atoms with Crippen LogP contribution >= 0.6 is 15.9 Å². The molecule has 1 aromatic rings. The highest BCUT2D eigenvalue weighted by atomic mass is 79.9. The van der Waals surface area contributed by atoms with Gasteiger partial charge in [-0.25, -0.2) is 4.98 Å². The van der Waals surface area contributed by atoms with Gasteiger partial charge in [-0.1, -0.05) is 0 Å². The number of aromatic nitrogens is 1. The predicted molar refractivity (Wildman–Crippen MR) is 72.5 cm³/mol. The van der Waals surface area contributed by atoms with Crippen molar-refractivity contribution in [2.45, 2.75) is 25.9 Å². The van der Waals surface area contributed by atoms with E-state index in [-0.39, 0.29) is 12.0 Å². The monoisotopic (exact) mass is 312 g/mol. The first-order chi connectivity index (χ1) is 8.70. The summed E-state index contributed by atoms with van der Waals surface area (Å²) in [5.41, 5.74) is 0.635. The smallest absolute Gasteiger partial charge is 0.255 e. The highest BCUT2D eigenvalue weighted by molar-refractivity contribution is 9.10. The Morgan fingerprint density at radius 1 is 1.61 bits per heavy atom. The second kappa shape index (κ2) is 6.29. The zero-order valence-corrected chi connectivity index (χ0v) is 12.0. The summed E-state index contributed by atoms with van der Waals surface area (Å²) in [4.78, 5) is 18.2. The number of pyridine rings is 1. The number of carbonyl (C=O) groups excluding carboxylic acids is 1. The number of nitrogens with zero attached hydrogens (tertiary/aromatic N) is 2. The summed E-state index contributed by atoms with van der Waals surface area (Å²) in [7, 11) is 0. The summed E-state index contributed by atoms with van der Waals surface area (Å²) < 4.78 is 6.34. The van der Waals surface area contributed by atoms with E-state index in [4.69, 9.17) is 4.74 Å². The Kier molecular flexibility index (Phi) is 4.72. The first-order valence-electron chi connectivity index (χ1n) is 6.23. The average Bonchev–Trinajstić information content (AvgIpc) is 2.39. The maximum Gasteiger partial charge on any atom is 0.255 e. The van der Waals surface area contributed by atoms with E-state index < -0.39 is 0 Å². The standard InChI is InChI=1S/C13H17BrN2O2/c1-2-18-11-4-3-7-16(9-11)13(17)10-5-6-12(14)15-8-10/h5-6,8,11H,2-4,7,9H2,1H3. The minimum absolute atomic E-state index is 0.0411. The topological polar surface area (TPSA) is 42.4 Å². The average molecular weight is 313 g/mol. The molecular formula is C13H17BrN2O2. The zero-order chi connectivity index (χ0) is 13.0. The molecule has 0 N–H and O–H groups in total. The lowest BCUT2D eigenvalue weighted by Gasteiger charge is -2.32. The van der Waals surface area contributed by atoms with Gasteiger partial charge in [-0.05, 0) is 47.8 Å². The van der Waals surface area contributed by atoms with Crippen molar-refractivity contribution in [3.8, 4) is 0 Å². The molecule has 0 bridgehead atoms. The minimum atomic E-state index is 0.0411. The molecule has 1 unspecified atom stereocenters. The fraction of sp³-hybridized carbons (Fsp3) is 0.538. The molecule has 2 heterocycles. The molecule has 98 valence electrons. The number of rotatable bonds is 3. The first-order valence-corrected chi connectivity index (χ1v) is 7.02. The lowest BCUT2D eigenvalue weighted by atomic mass is 10.1. The van der Waals surface area contributed by atoms with Gasteiger partial charge in [0.25, 0.3) is 5.91 Å². The number of amides is 1. The molecule has 1 aliphatic heterocycles. The molecule has 4 nitrogen and oxygen atoms in total. The van der Waals surface area contributed by atoms with Crippen molar-refractivity contribution in [1.82, 2.24) is 9.88 Å². The lowest BCUT2D eigenvalue weighted by Crippen LogP contribution is -2.43. The van der Waals surface area contributed by atoms with Crippen molar-refractivity contribution in [1.29, 1.82) is 0 Å². The Hall–Kier alpha value is -0.940. The molecule has 0 spiro atoms. The van der Waals surface area contributed by atoms with Gasteiger partial charge in [-0.2, -0.15) is 0 Å². The Balaban J connectivity index is 2.02. The van der Waals surface area contributed by atoms with Gasteiger partial charge in [0.2, 0.25) is 0 Å². The third-order valence-electron chi connectivity index (χ3n) is 3.04. The van der Waals surface area contributed by atoms with Gasteiger partial charge in [0.05, 0.1) is 11.7 Å². The first kappa shape index (κ1) is 13.5. The van der Waals surface area contributed by atoms with Crippen LogP contribution in [0.1, 0.15) is 30.1 Å². The molecule has 0 radical (unpaired) electrons. The molecule has 5 heteroatoms. The van der Waals surface area contributed by atoms with Gasteiger partial charge < -0.3 is 9.64 Å². The van der Waals surface area contributed by atoms with Crippen LogP contribution in [0.15, 0.2) is 22.9 Å². The van der Waals surface area contributed by atoms with E-state index in [1.165, 1.54) is 0 Å². The fourth-order valence-corrected chi connectivity index (χ4v) is 2.41. The molecule has 2 rings (SSSR count). The highest BCUT2D eigenvalue weighted by Gasteiger charge is 2.24. The van der Waals surface area contributed by atoms with Crippen LogP contribution in [0.2, 0.25) is 0 Å². The molecule has 0 aromatic carbocycles. The van der Waals surface area contributed by atoms with E-state index in [9.17, 15) is 4.79 Å². The normalized spacial score (nSPS) is 19.9. The second-order valence-electron chi connectivity index (χ2n) is 4.34. The highest BCUT2D eigenvalue weighted by Crippen LogP contribution is 2.16.